The van der Waals surface area contributed by atoms with Crippen molar-refractivity contribution in [1.29, 1.82) is 0 Å². The molecule has 16 heavy (non-hydrogen) atoms. The first kappa shape index (κ1) is 12.9. The standard InChI is InChI=1S/C10H18N2O4/c1-2-15-9(13)6-12-10(14)8-4-3-7(5-11)16-8/h7-8H,2-6,11H2,1H3,(H,12,14). The molecular weight excluding hydrogens is 212 g/mol. The predicted molar refractivity (Wildman–Crippen MR) is 56.6 cm³/mol. The maximum absolute atomic E-state index is 11.5. The number of esters is 1. The normalized spacial score (nSPS) is 24.1. The number of nitrogens with one attached hydrogen (secondary N) is 1. The molecule has 1 heterocycles. The third kappa shape index (κ3) is 3.79. The quantitative estimate of drug-likeness (QED) is 0.602. The summed E-state index contributed by atoms with van der Waals surface area (Å²) >= 11 is 0. The molecule has 0 bridgehead atoms. The minimum atomic E-state index is -0.483. The Morgan fingerprint density at radius 3 is 2.81 bits per heavy atom. The van der Waals surface area contributed by atoms with E-state index >= 15 is 0 Å². The van der Waals surface area contributed by atoms with Gasteiger partial charge >= 0.3 is 5.97 Å². The van der Waals surface area contributed by atoms with Gasteiger partial charge in [0.15, 0.2) is 0 Å². The van der Waals surface area contributed by atoms with E-state index in [1.54, 1.807) is 6.92 Å². The molecular formula is C10H18N2O4. The second kappa shape index (κ2) is 6.44. The van der Waals surface area contributed by atoms with Crippen LogP contribution in [-0.2, 0) is 19.1 Å². The number of carbonyl (C=O) groups is 2. The van der Waals surface area contributed by atoms with Crippen molar-refractivity contribution in [3.05, 3.63) is 0 Å². The molecule has 1 rings (SSSR count). The Hall–Kier alpha value is -1.14. The fourth-order valence-corrected chi connectivity index (χ4v) is 1.56. The molecule has 1 amide bonds. The van der Waals surface area contributed by atoms with Crippen LogP contribution in [0.2, 0.25) is 0 Å². The second-order valence-electron chi connectivity index (χ2n) is 3.58. The highest BCUT2D eigenvalue weighted by Crippen LogP contribution is 2.18. The molecule has 1 aliphatic heterocycles. The van der Waals surface area contributed by atoms with E-state index < -0.39 is 12.1 Å². The monoisotopic (exact) mass is 230 g/mol. The van der Waals surface area contributed by atoms with Crippen molar-refractivity contribution in [3.63, 3.8) is 0 Å². The zero-order valence-electron chi connectivity index (χ0n) is 9.40. The van der Waals surface area contributed by atoms with Crippen LogP contribution in [0.1, 0.15) is 19.8 Å². The summed E-state index contributed by atoms with van der Waals surface area (Å²) in [7, 11) is 0. The lowest BCUT2D eigenvalue weighted by molar-refractivity contribution is -0.144. The third-order valence-electron chi connectivity index (χ3n) is 2.38. The lowest BCUT2D eigenvalue weighted by Crippen LogP contribution is -2.38. The Morgan fingerprint density at radius 1 is 1.50 bits per heavy atom. The van der Waals surface area contributed by atoms with Gasteiger partial charge in [-0.15, -0.1) is 0 Å². The summed E-state index contributed by atoms with van der Waals surface area (Å²) < 4.78 is 10.1. The number of hydrogen-bond donors (Lipinski definition) is 2. The maximum Gasteiger partial charge on any atom is 0.325 e. The number of hydrogen-bond acceptors (Lipinski definition) is 5. The highest BCUT2D eigenvalue weighted by Gasteiger charge is 2.29. The number of ether oxygens (including phenoxy) is 2. The van der Waals surface area contributed by atoms with Crippen molar-refractivity contribution in [1.82, 2.24) is 5.32 Å². The Morgan fingerprint density at radius 2 is 2.25 bits per heavy atom. The van der Waals surface area contributed by atoms with E-state index in [1.165, 1.54) is 0 Å². The Kier molecular flexibility index (Phi) is 5.21. The topological polar surface area (TPSA) is 90.7 Å². The molecule has 0 aliphatic carbocycles. The average molecular weight is 230 g/mol. The van der Waals surface area contributed by atoms with Crippen molar-refractivity contribution in [2.24, 2.45) is 5.73 Å². The van der Waals surface area contributed by atoms with Crippen molar-refractivity contribution in [3.8, 4) is 0 Å². The van der Waals surface area contributed by atoms with Crippen LogP contribution in [0.4, 0.5) is 0 Å². The van der Waals surface area contributed by atoms with Crippen molar-refractivity contribution < 1.29 is 19.1 Å². The van der Waals surface area contributed by atoms with E-state index in [2.05, 4.69) is 10.1 Å². The smallest absolute Gasteiger partial charge is 0.325 e. The lowest BCUT2D eigenvalue weighted by Gasteiger charge is -2.12. The zero-order valence-corrected chi connectivity index (χ0v) is 9.40. The molecule has 92 valence electrons. The molecule has 0 spiro atoms. The summed E-state index contributed by atoms with van der Waals surface area (Å²) in [5, 5.41) is 2.47. The number of rotatable bonds is 5. The molecule has 0 saturated carbocycles. The summed E-state index contributed by atoms with van der Waals surface area (Å²) in [4.78, 5) is 22.5. The fraction of sp³-hybridized carbons (Fsp3) is 0.800. The van der Waals surface area contributed by atoms with Crippen molar-refractivity contribution in [2.45, 2.75) is 32.0 Å². The summed E-state index contributed by atoms with van der Waals surface area (Å²) in [5.41, 5.74) is 5.43. The molecule has 2 unspecified atom stereocenters. The summed E-state index contributed by atoms with van der Waals surface area (Å²) in [6, 6.07) is 0. The first-order chi connectivity index (χ1) is 7.67. The van der Waals surface area contributed by atoms with Gasteiger partial charge in [0.25, 0.3) is 0 Å². The summed E-state index contributed by atoms with van der Waals surface area (Å²) in [5.74, 6) is -0.715. The van der Waals surface area contributed by atoms with Gasteiger partial charge in [-0.1, -0.05) is 0 Å². The van der Waals surface area contributed by atoms with E-state index in [0.717, 1.165) is 6.42 Å². The first-order valence-electron chi connectivity index (χ1n) is 5.46. The van der Waals surface area contributed by atoms with Crippen LogP contribution in [0, 0.1) is 0 Å². The molecule has 3 N–H and O–H groups in total. The third-order valence-corrected chi connectivity index (χ3v) is 2.38. The molecule has 1 aliphatic rings. The Balaban J connectivity index is 2.23. The van der Waals surface area contributed by atoms with Gasteiger partial charge in [-0.25, -0.2) is 0 Å². The number of carbonyl (C=O) groups excluding carboxylic acids is 2. The van der Waals surface area contributed by atoms with Crippen LogP contribution >= 0.6 is 0 Å². The predicted octanol–water partition coefficient (Wildman–Crippen LogP) is -0.828. The van der Waals surface area contributed by atoms with Crippen LogP contribution in [-0.4, -0.2) is 43.8 Å². The minimum absolute atomic E-state index is 0.0432. The molecule has 0 aromatic rings. The molecule has 6 nitrogen and oxygen atoms in total. The Labute approximate surface area is 94.5 Å². The highest BCUT2D eigenvalue weighted by atomic mass is 16.5. The molecule has 0 aromatic carbocycles. The summed E-state index contributed by atoms with van der Waals surface area (Å²) in [6.45, 7) is 2.33. The molecule has 0 aromatic heterocycles. The minimum Gasteiger partial charge on any atom is -0.465 e. The number of nitrogens with two attached hydrogens (primary N) is 1. The molecule has 2 atom stereocenters. The second-order valence-corrected chi connectivity index (χ2v) is 3.58. The van der Waals surface area contributed by atoms with Crippen LogP contribution < -0.4 is 11.1 Å². The van der Waals surface area contributed by atoms with Gasteiger partial charge in [0.2, 0.25) is 5.91 Å². The lowest BCUT2D eigenvalue weighted by atomic mass is 10.2. The van der Waals surface area contributed by atoms with Gasteiger partial charge in [-0.3, -0.25) is 9.59 Å². The average Bonchev–Trinajstić information content (AvgIpc) is 2.75. The first-order valence-corrected chi connectivity index (χ1v) is 5.46. The van der Waals surface area contributed by atoms with Crippen LogP contribution in [0.15, 0.2) is 0 Å². The van der Waals surface area contributed by atoms with E-state index in [9.17, 15) is 9.59 Å². The van der Waals surface area contributed by atoms with Crippen molar-refractivity contribution in [2.75, 3.05) is 19.7 Å². The molecule has 1 saturated heterocycles. The van der Waals surface area contributed by atoms with Gasteiger partial charge in [0.05, 0.1) is 12.7 Å². The maximum atomic E-state index is 11.5. The SMILES string of the molecule is CCOC(=O)CNC(=O)C1CCC(CN)O1. The van der Waals surface area contributed by atoms with E-state index in [1.807, 2.05) is 0 Å². The van der Waals surface area contributed by atoms with E-state index in [4.69, 9.17) is 10.5 Å². The Bertz CT molecular complexity index is 257. The van der Waals surface area contributed by atoms with Gasteiger partial charge in [-0.05, 0) is 19.8 Å². The fourth-order valence-electron chi connectivity index (χ4n) is 1.56. The zero-order chi connectivity index (χ0) is 12.0. The van der Waals surface area contributed by atoms with Crippen LogP contribution in [0.25, 0.3) is 0 Å². The van der Waals surface area contributed by atoms with E-state index in [-0.39, 0.29) is 18.6 Å². The molecule has 6 heteroatoms. The van der Waals surface area contributed by atoms with Gasteiger partial charge in [0, 0.05) is 6.54 Å². The van der Waals surface area contributed by atoms with Crippen molar-refractivity contribution >= 4 is 11.9 Å². The van der Waals surface area contributed by atoms with Gasteiger partial charge in [0.1, 0.15) is 12.6 Å². The summed E-state index contributed by atoms with van der Waals surface area (Å²) in [6.07, 6.45) is 0.908. The van der Waals surface area contributed by atoms with Crippen LogP contribution in [0.3, 0.4) is 0 Å². The molecule has 1 fully saturated rings. The van der Waals surface area contributed by atoms with E-state index in [0.29, 0.717) is 19.6 Å². The highest BCUT2D eigenvalue weighted by molar-refractivity contribution is 5.85. The largest absolute Gasteiger partial charge is 0.465 e. The molecule has 0 radical (unpaired) electrons. The number of amides is 1. The van der Waals surface area contributed by atoms with Gasteiger partial charge in [-0.2, -0.15) is 0 Å². The van der Waals surface area contributed by atoms with Gasteiger partial charge < -0.3 is 20.5 Å². The van der Waals surface area contributed by atoms with Crippen LogP contribution in [0.5, 0.6) is 0 Å².